The van der Waals surface area contributed by atoms with E-state index in [-0.39, 0.29) is 18.7 Å². The Kier molecular flexibility index (Phi) is 5.35. The molecule has 32 heavy (non-hydrogen) atoms. The number of rotatable bonds is 4. The maximum atomic E-state index is 13.1. The predicted octanol–water partition coefficient (Wildman–Crippen LogP) is 2.47. The number of nitrogens with zero attached hydrogens (tertiary/aromatic N) is 2. The number of piperidine rings is 2. The summed E-state index contributed by atoms with van der Waals surface area (Å²) in [5, 5.41) is 2.23. The molecule has 2 aromatic carbocycles. The number of carbonyl (C=O) groups is 4. The van der Waals surface area contributed by atoms with E-state index in [1.807, 2.05) is 18.2 Å². The van der Waals surface area contributed by atoms with Gasteiger partial charge in [-0.15, -0.1) is 0 Å². The highest BCUT2D eigenvalue weighted by atomic mass is 16.2. The zero-order chi connectivity index (χ0) is 22.2. The molecule has 1 N–H and O–H groups in total. The molecule has 2 saturated heterocycles. The van der Waals surface area contributed by atoms with Gasteiger partial charge < -0.3 is 0 Å². The Morgan fingerprint density at radius 1 is 0.844 bits per heavy atom. The SMILES string of the molecule is O=C1CCC(N2C(=O)c3ccc(C4CCN(Cc5ccccc5)CC4)cc3C2=O)C(=O)N1. The second kappa shape index (κ2) is 8.31. The molecule has 0 aromatic heterocycles. The highest BCUT2D eigenvalue weighted by molar-refractivity contribution is 6.23. The Balaban J connectivity index is 1.28. The molecule has 0 aliphatic carbocycles. The van der Waals surface area contributed by atoms with E-state index in [0.29, 0.717) is 17.0 Å². The largest absolute Gasteiger partial charge is 0.299 e. The van der Waals surface area contributed by atoms with Crippen LogP contribution in [-0.4, -0.2) is 52.6 Å². The van der Waals surface area contributed by atoms with Crippen LogP contribution in [0.4, 0.5) is 0 Å². The van der Waals surface area contributed by atoms with Crippen LogP contribution in [0.25, 0.3) is 0 Å². The van der Waals surface area contributed by atoms with Gasteiger partial charge in [-0.05, 0) is 61.5 Å². The van der Waals surface area contributed by atoms with Crippen LogP contribution in [-0.2, 0) is 16.1 Å². The van der Waals surface area contributed by atoms with Gasteiger partial charge in [0.1, 0.15) is 6.04 Å². The Labute approximate surface area is 186 Å². The fourth-order valence-corrected chi connectivity index (χ4v) is 5.01. The standard InChI is InChI=1S/C25H25N3O4/c29-22-9-8-21(23(30)26-22)28-24(31)19-7-6-18(14-20(19)25(28)32)17-10-12-27(13-11-17)15-16-4-2-1-3-5-16/h1-7,14,17,21H,8-13,15H2,(H,26,29,30). The van der Waals surface area contributed by atoms with Gasteiger partial charge in [-0.3, -0.25) is 34.3 Å². The van der Waals surface area contributed by atoms with E-state index in [0.717, 1.165) is 42.9 Å². The Morgan fingerprint density at radius 3 is 2.28 bits per heavy atom. The van der Waals surface area contributed by atoms with Gasteiger partial charge in [0.05, 0.1) is 11.1 Å². The summed E-state index contributed by atoms with van der Waals surface area (Å²) >= 11 is 0. The highest BCUT2D eigenvalue weighted by Gasteiger charge is 2.44. The van der Waals surface area contributed by atoms with Crippen molar-refractivity contribution in [3.8, 4) is 0 Å². The van der Waals surface area contributed by atoms with Gasteiger partial charge in [-0.2, -0.15) is 0 Å². The first kappa shape index (κ1) is 20.6. The normalized spacial score (nSPS) is 22.2. The van der Waals surface area contributed by atoms with Gasteiger partial charge in [-0.25, -0.2) is 0 Å². The number of amides is 4. The summed E-state index contributed by atoms with van der Waals surface area (Å²) in [5.74, 6) is -1.52. The van der Waals surface area contributed by atoms with Crippen LogP contribution >= 0.6 is 0 Å². The molecule has 3 aliphatic rings. The van der Waals surface area contributed by atoms with Crippen LogP contribution in [0.1, 0.15) is 63.4 Å². The molecule has 3 aliphatic heterocycles. The Bertz CT molecular complexity index is 1090. The Hall–Kier alpha value is -3.32. The molecule has 7 nitrogen and oxygen atoms in total. The molecule has 0 saturated carbocycles. The lowest BCUT2D eigenvalue weighted by atomic mass is 9.87. The number of likely N-dealkylation sites (tertiary alicyclic amines) is 1. The van der Waals surface area contributed by atoms with E-state index in [1.165, 1.54) is 5.56 Å². The van der Waals surface area contributed by atoms with Crippen LogP contribution < -0.4 is 5.32 Å². The molecule has 2 fully saturated rings. The topological polar surface area (TPSA) is 86.8 Å². The van der Waals surface area contributed by atoms with Gasteiger partial charge >= 0.3 is 0 Å². The minimum Gasteiger partial charge on any atom is -0.299 e. The van der Waals surface area contributed by atoms with Crippen molar-refractivity contribution in [2.75, 3.05) is 13.1 Å². The highest BCUT2D eigenvalue weighted by Crippen LogP contribution is 2.34. The minimum absolute atomic E-state index is 0.122. The van der Waals surface area contributed by atoms with E-state index in [4.69, 9.17) is 0 Å². The number of imide groups is 2. The van der Waals surface area contributed by atoms with Crippen molar-refractivity contribution in [3.63, 3.8) is 0 Å². The van der Waals surface area contributed by atoms with Crippen LogP contribution in [0.2, 0.25) is 0 Å². The molecule has 7 heteroatoms. The zero-order valence-corrected chi connectivity index (χ0v) is 17.8. The fourth-order valence-electron chi connectivity index (χ4n) is 5.01. The summed E-state index contributed by atoms with van der Waals surface area (Å²) in [6.45, 7) is 2.89. The van der Waals surface area contributed by atoms with Gasteiger partial charge in [-0.1, -0.05) is 36.4 Å². The molecule has 1 unspecified atom stereocenters. The van der Waals surface area contributed by atoms with Crippen LogP contribution in [0.15, 0.2) is 48.5 Å². The third-order valence-corrected chi connectivity index (χ3v) is 6.77. The maximum Gasteiger partial charge on any atom is 0.262 e. The lowest BCUT2D eigenvalue weighted by molar-refractivity contribution is -0.136. The van der Waals surface area contributed by atoms with E-state index >= 15 is 0 Å². The van der Waals surface area contributed by atoms with Crippen LogP contribution in [0, 0.1) is 0 Å². The molecule has 0 radical (unpaired) electrons. The summed E-state index contributed by atoms with van der Waals surface area (Å²) in [6.07, 6.45) is 2.27. The molecule has 1 atom stereocenters. The van der Waals surface area contributed by atoms with Crippen molar-refractivity contribution in [3.05, 3.63) is 70.8 Å². The second-order valence-corrected chi connectivity index (χ2v) is 8.79. The van der Waals surface area contributed by atoms with Crippen molar-refractivity contribution in [2.24, 2.45) is 0 Å². The third kappa shape index (κ3) is 3.73. The minimum atomic E-state index is -0.926. The zero-order valence-electron chi connectivity index (χ0n) is 17.8. The number of nitrogens with one attached hydrogen (secondary N) is 1. The van der Waals surface area contributed by atoms with Gasteiger partial charge in [0.2, 0.25) is 11.8 Å². The molecule has 3 heterocycles. The van der Waals surface area contributed by atoms with E-state index in [1.54, 1.807) is 6.07 Å². The van der Waals surface area contributed by atoms with Crippen molar-refractivity contribution in [1.82, 2.24) is 15.1 Å². The summed E-state index contributed by atoms with van der Waals surface area (Å²) in [4.78, 5) is 53.1. The van der Waals surface area contributed by atoms with E-state index < -0.39 is 23.8 Å². The Morgan fingerprint density at radius 2 is 1.56 bits per heavy atom. The van der Waals surface area contributed by atoms with Crippen molar-refractivity contribution in [2.45, 2.75) is 44.2 Å². The summed E-state index contributed by atoms with van der Waals surface area (Å²) in [5.41, 5.74) is 3.07. The molecule has 4 amide bonds. The lowest BCUT2D eigenvalue weighted by Gasteiger charge is -2.32. The fraction of sp³-hybridized carbons (Fsp3) is 0.360. The monoisotopic (exact) mass is 431 g/mol. The third-order valence-electron chi connectivity index (χ3n) is 6.77. The summed E-state index contributed by atoms with van der Waals surface area (Å²) in [7, 11) is 0. The number of carbonyl (C=O) groups excluding carboxylic acids is 4. The molecule has 2 aromatic rings. The summed E-state index contributed by atoms with van der Waals surface area (Å²) in [6, 6.07) is 15.0. The number of fused-ring (bicyclic) bond motifs is 1. The summed E-state index contributed by atoms with van der Waals surface area (Å²) < 4.78 is 0. The molecule has 5 rings (SSSR count). The number of hydrogen-bond acceptors (Lipinski definition) is 5. The van der Waals surface area contributed by atoms with E-state index in [9.17, 15) is 19.2 Å². The van der Waals surface area contributed by atoms with Gasteiger partial charge in [0.15, 0.2) is 0 Å². The average Bonchev–Trinajstić information content (AvgIpc) is 3.05. The molecular weight excluding hydrogens is 406 g/mol. The predicted molar refractivity (Wildman–Crippen MR) is 117 cm³/mol. The molecule has 164 valence electrons. The molecular formula is C25H25N3O4. The second-order valence-electron chi connectivity index (χ2n) is 8.79. The van der Waals surface area contributed by atoms with Crippen LogP contribution in [0.5, 0.6) is 0 Å². The van der Waals surface area contributed by atoms with E-state index in [2.05, 4.69) is 34.5 Å². The lowest BCUT2D eigenvalue weighted by Crippen LogP contribution is -2.54. The first-order valence-electron chi connectivity index (χ1n) is 11.1. The van der Waals surface area contributed by atoms with Crippen molar-refractivity contribution < 1.29 is 19.2 Å². The van der Waals surface area contributed by atoms with Crippen molar-refractivity contribution in [1.29, 1.82) is 0 Å². The first-order chi connectivity index (χ1) is 15.5. The number of benzene rings is 2. The van der Waals surface area contributed by atoms with Crippen LogP contribution in [0.3, 0.4) is 0 Å². The number of hydrogen-bond donors (Lipinski definition) is 1. The molecule has 0 bridgehead atoms. The molecule has 0 spiro atoms. The first-order valence-corrected chi connectivity index (χ1v) is 11.1. The average molecular weight is 431 g/mol. The smallest absolute Gasteiger partial charge is 0.262 e. The quantitative estimate of drug-likeness (QED) is 0.752. The van der Waals surface area contributed by atoms with Gasteiger partial charge in [0.25, 0.3) is 11.8 Å². The van der Waals surface area contributed by atoms with Crippen molar-refractivity contribution >= 4 is 23.6 Å². The van der Waals surface area contributed by atoms with Gasteiger partial charge in [0, 0.05) is 13.0 Å². The maximum absolute atomic E-state index is 13.1.